The van der Waals surface area contributed by atoms with E-state index >= 15 is 0 Å². The summed E-state index contributed by atoms with van der Waals surface area (Å²) in [6.45, 7) is 1.64. The zero-order valence-electron chi connectivity index (χ0n) is 10.9. The Morgan fingerprint density at radius 1 is 1.28 bits per heavy atom. The molecule has 0 radical (unpaired) electrons. The normalized spacial score (nSPS) is 20.6. The predicted molar refractivity (Wildman–Crippen MR) is 70.4 cm³/mol. The van der Waals surface area contributed by atoms with E-state index in [0.717, 1.165) is 38.0 Å². The van der Waals surface area contributed by atoms with Crippen LogP contribution in [0.1, 0.15) is 30.9 Å². The van der Waals surface area contributed by atoms with E-state index in [0.29, 0.717) is 5.92 Å². The molecule has 2 atom stereocenters. The summed E-state index contributed by atoms with van der Waals surface area (Å²) in [6, 6.07) is 9.93. The zero-order chi connectivity index (χ0) is 12.8. The van der Waals surface area contributed by atoms with Gasteiger partial charge in [0.1, 0.15) is 6.10 Å². The molecule has 1 aromatic rings. The molecule has 0 spiro atoms. The molecular weight excluding hydrogens is 228 g/mol. The monoisotopic (exact) mass is 250 g/mol. The number of aliphatic hydroxyl groups is 1. The highest BCUT2D eigenvalue weighted by Gasteiger charge is 2.25. The van der Waals surface area contributed by atoms with Crippen molar-refractivity contribution in [1.82, 2.24) is 0 Å². The van der Waals surface area contributed by atoms with Gasteiger partial charge in [0.15, 0.2) is 0 Å². The Labute approximate surface area is 109 Å². The van der Waals surface area contributed by atoms with Crippen LogP contribution in [0.3, 0.4) is 0 Å². The predicted octanol–water partition coefficient (Wildman–Crippen LogP) is 2.55. The maximum atomic E-state index is 10.3. The minimum absolute atomic E-state index is 0.228. The van der Waals surface area contributed by atoms with Gasteiger partial charge >= 0.3 is 0 Å². The summed E-state index contributed by atoms with van der Waals surface area (Å²) >= 11 is 0. The summed E-state index contributed by atoms with van der Waals surface area (Å²) in [5, 5.41) is 10.3. The molecule has 1 fully saturated rings. The summed E-state index contributed by atoms with van der Waals surface area (Å²) in [7, 11) is 1.66. The fourth-order valence-corrected chi connectivity index (χ4v) is 2.61. The molecule has 1 heterocycles. The number of benzene rings is 1. The van der Waals surface area contributed by atoms with Crippen LogP contribution < -0.4 is 0 Å². The Kier molecular flexibility index (Phi) is 5.17. The summed E-state index contributed by atoms with van der Waals surface area (Å²) in [4.78, 5) is 0. The second kappa shape index (κ2) is 6.88. The number of rotatable bonds is 5. The lowest BCUT2D eigenvalue weighted by molar-refractivity contribution is -0.0355. The maximum absolute atomic E-state index is 10.3. The van der Waals surface area contributed by atoms with E-state index in [1.807, 2.05) is 30.3 Å². The maximum Gasteiger partial charge on any atom is 0.108 e. The number of methoxy groups -OCH3 is 1. The minimum Gasteiger partial charge on any atom is -0.390 e. The molecule has 0 aliphatic carbocycles. The van der Waals surface area contributed by atoms with Gasteiger partial charge in [0, 0.05) is 20.3 Å². The molecule has 100 valence electrons. The van der Waals surface area contributed by atoms with E-state index in [-0.39, 0.29) is 6.10 Å². The molecule has 2 unspecified atom stereocenters. The largest absolute Gasteiger partial charge is 0.390 e. The van der Waals surface area contributed by atoms with E-state index in [9.17, 15) is 5.11 Å². The van der Waals surface area contributed by atoms with Crippen molar-refractivity contribution in [2.45, 2.75) is 31.5 Å². The first-order valence-corrected chi connectivity index (χ1v) is 6.65. The summed E-state index contributed by atoms with van der Waals surface area (Å²) in [6.07, 6.45) is 2.20. The average Bonchev–Trinajstić information content (AvgIpc) is 2.42. The van der Waals surface area contributed by atoms with Crippen LogP contribution in [-0.2, 0) is 9.47 Å². The fourth-order valence-electron chi connectivity index (χ4n) is 2.61. The first kappa shape index (κ1) is 13.5. The van der Waals surface area contributed by atoms with Gasteiger partial charge in [-0.3, -0.25) is 0 Å². The second-order valence-corrected chi connectivity index (χ2v) is 4.93. The molecule has 0 amide bonds. The van der Waals surface area contributed by atoms with Crippen LogP contribution in [0, 0.1) is 5.92 Å². The molecule has 0 bridgehead atoms. The first-order valence-electron chi connectivity index (χ1n) is 6.65. The first-order chi connectivity index (χ1) is 8.81. The van der Waals surface area contributed by atoms with Gasteiger partial charge in [-0.1, -0.05) is 30.3 Å². The molecule has 3 heteroatoms. The third kappa shape index (κ3) is 3.55. The Morgan fingerprint density at radius 2 is 1.94 bits per heavy atom. The molecule has 0 aromatic heterocycles. The van der Waals surface area contributed by atoms with Crippen molar-refractivity contribution >= 4 is 0 Å². The number of hydrogen-bond donors (Lipinski definition) is 1. The Balaban J connectivity index is 1.94. The van der Waals surface area contributed by atoms with Crippen molar-refractivity contribution in [1.29, 1.82) is 0 Å². The average molecular weight is 250 g/mol. The molecule has 2 rings (SSSR count). The van der Waals surface area contributed by atoms with Crippen molar-refractivity contribution in [3.05, 3.63) is 35.9 Å². The van der Waals surface area contributed by atoms with E-state index in [4.69, 9.17) is 9.47 Å². The van der Waals surface area contributed by atoms with E-state index in [1.165, 1.54) is 0 Å². The van der Waals surface area contributed by atoms with Gasteiger partial charge in [-0.2, -0.15) is 0 Å². The van der Waals surface area contributed by atoms with Crippen molar-refractivity contribution < 1.29 is 14.6 Å². The van der Waals surface area contributed by atoms with Crippen molar-refractivity contribution in [3.8, 4) is 0 Å². The number of hydrogen-bond acceptors (Lipinski definition) is 3. The van der Waals surface area contributed by atoms with Gasteiger partial charge in [0.2, 0.25) is 0 Å². The quantitative estimate of drug-likeness (QED) is 0.873. The van der Waals surface area contributed by atoms with Crippen LogP contribution in [0.5, 0.6) is 0 Å². The molecule has 18 heavy (non-hydrogen) atoms. The summed E-state index contributed by atoms with van der Waals surface area (Å²) in [5.74, 6) is 0.551. The van der Waals surface area contributed by atoms with Gasteiger partial charge in [-0.15, -0.1) is 0 Å². The lowest BCUT2D eigenvalue weighted by Crippen LogP contribution is -2.26. The lowest BCUT2D eigenvalue weighted by atomic mass is 9.90. The van der Waals surface area contributed by atoms with Crippen LogP contribution in [0.25, 0.3) is 0 Å². The molecule has 1 aliphatic heterocycles. The molecule has 1 saturated heterocycles. The highest BCUT2D eigenvalue weighted by molar-refractivity contribution is 5.18. The molecule has 0 saturated carbocycles. The SMILES string of the molecule is COC(c1ccccc1)C(O)CC1CCOCC1. The topological polar surface area (TPSA) is 38.7 Å². The third-order valence-corrected chi connectivity index (χ3v) is 3.65. The molecule has 1 aromatic carbocycles. The molecule has 1 N–H and O–H groups in total. The van der Waals surface area contributed by atoms with Gasteiger partial charge < -0.3 is 14.6 Å². The standard InChI is InChI=1S/C15H22O3/c1-17-15(13-5-3-2-4-6-13)14(16)11-12-7-9-18-10-8-12/h2-6,12,14-16H,7-11H2,1H3. The number of ether oxygens (including phenoxy) is 2. The zero-order valence-corrected chi connectivity index (χ0v) is 10.9. The van der Waals surface area contributed by atoms with Crippen molar-refractivity contribution in [2.24, 2.45) is 5.92 Å². The van der Waals surface area contributed by atoms with E-state index < -0.39 is 6.10 Å². The van der Waals surface area contributed by atoms with E-state index in [1.54, 1.807) is 7.11 Å². The Morgan fingerprint density at radius 3 is 2.56 bits per heavy atom. The highest BCUT2D eigenvalue weighted by atomic mass is 16.5. The Bertz CT molecular complexity index is 333. The molecule has 3 nitrogen and oxygen atoms in total. The fraction of sp³-hybridized carbons (Fsp3) is 0.600. The Hall–Kier alpha value is -0.900. The summed E-state index contributed by atoms with van der Waals surface area (Å²) < 4.78 is 10.8. The van der Waals surface area contributed by atoms with Crippen LogP contribution in [-0.4, -0.2) is 31.5 Å². The van der Waals surface area contributed by atoms with Crippen LogP contribution in [0.2, 0.25) is 0 Å². The van der Waals surface area contributed by atoms with Gasteiger partial charge in [0.05, 0.1) is 6.10 Å². The van der Waals surface area contributed by atoms with Crippen LogP contribution in [0.15, 0.2) is 30.3 Å². The smallest absolute Gasteiger partial charge is 0.108 e. The van der Waals surface area contributed by atoms with E-state index in [2.05, 4.69) is 0 Å². The van der Waals surface area contributed by atoms with Gasteiger partial charge in [-0.05, 0) is 30.7 Å². The number of aliphatic hydroxyl groups excluding tert-OH is 1. The molecule has 1 aliphatic rings. The highest BCUT2D eigenvalue weighted by Crippen LogP contribution is 2.28. The van der Waals surface area contributed by atoms with Crippen molar-refractivity contribution in [2.75, 3.05) is 20.3 Å². The molecular formula is C15H22O3. The van der Waals surface area contributed by atoms with Crippen molar-refractivity contribution in [3.63, 3.8) is 0 Å². The van der Waals surface area contributed by atoms with Gasteiger partial charge in [-0.25, -0.2) is 0 Å². The van der Waals surface area contributed by atoms with Crippen LogP contribution in [0.4, 0.5) is 0 Å². The minimum atomic E-state index is -0.444. The lowest BCUT2D eigenvalue weighted by Gasteiger charge is -2.28. The second-order valence-electron chi connectivity index (χ2n) is 4.93. The summed E-state index contributed by atoms with van der Waals surface area (Å²) in [5.41, 5.74) is 1.04. The van der Waals surface area contributed by atoms with Gasteiger partial charge in [0.25, 0.3) is 0 Å². The van der Waals surface area contributed by atoms with Crippen LogP contribution >= 0.6 is 0 Å². The third-order valence-electron chi connectivity index (χ3n) is 3.65.